The van der Waals surface area contributed by atoms with E-state index in [0.717, 1.165) is 19.3 Å². The van der Waals surface area contributed by atoms with Crippen LogP contribution in [0.4, 0.5) is 0 Å². The molecule has 1 unspecified atom stereocenters. The Balaban J connectivity index is 0. The third kappa shape index (κ3) is 19.8. The molecule has 0 aliphatic rings. The first kappa shape index (κ1) is 23.1. The van der Waals surface area contributed by atoms with E-state index in [-0.39, 0.29) is 12.3 Å². The van der Waals surface area contributed by atoms with Crippen molar-refractivity contribution in [3.05, 3.63) is 0 Å². The molecule has 0 saturated carbocycles. The first-order chi connectivity index (χ1) is 9.45. The Morgan fingerprint density at radius 1 is 0.905 bits per heavy atom. The average molecular weight is 327 g/mol. The molecule has 0 heterocycles. The Kier molecular flexibility index (Phi) is 16.2. The Bertz CT molecular complexity index is 308. The SMILES string of the molecule is CCCCCCCCCCCCC(C)OOS(=O)(=O)O.N. The molecule has 0 saturated heterocycles. The molecule has 0 spiro atoms. The highest BCUT2D eigenvalue weighted by atomic mass is 32.3. The molecule has 0 aliphatic carbocycles. The van der Waals surface area contributed by atoms with Crippen molar-refractivity contribution >= 4 is 10.4 Å². The topological polar surface area (TPSA) is 108 Å². The van der Waals surface area contributed by atoms with Crippen LogP contribution in [0, 0.1) is 0 Å². The molecule has 0 radical (unpaired) electrons. The molecule has 130 valence electrons. The fourth-order valence-electron chi connectivity index (χ4n) is 2.08. The predicted octanol–water partition coefficient (Wildman–Crippen LogP) is 4.60. The monoisotopic (exact) mass is 327 g/mol. The molecule has 1 atom stereocenters. The van der Waals surface area contributed by atoms with E-state index in [4.69, 9.17) is 4.55 Å². The molecule has 0 fully saturated rings. The van der Waals surface area contributed by atoms with Gasteiger partial charge in [0.1, 0.15) is 0 Å². The second-order valence-corrected chi connectivity index (χ2v) is 6.36. The quantitative estimate of drug-likeness (QED) is 0.209. The van der Waals surface area contributed by atoms with E-state index in [1.807, 2.05) is 0 Å². The van der Waals surface area contributed by atoms with E-state index < -0.39 is 10.4 Å². The number of unbranched alkanes of at least 4 members (excludes halogenated alkanes) is 9. The van der Waals surface area contributed by atoms with E-state index in [9.17, 15) is 8.42 Å². The van der Waals surface area contributed by atoms with Crippen LogP contribution in [0.3, 0.4) is 0 Å². The number of hydrogen-bond acceptors (Lipinski definition) is 5. The lowest BCUT2D eigenvalue weighted by Crippen LogP contribution is -2.13. The second kappa shape index (κ2) is 14.7. The lowest BCUT2D eigenvalue weighted by molar-refractivity contribution is -0.242. The summed E-state index contributed by atoms with van der Waals surface area (Å²) in [5.74, 6) is 0. The van der Waals surface area contributed by atoms with E-state index in [1.165, 1.54) is 51.4 Å². The minimum Gasteiger partial charge on any atom is -0.344 e. The fourth-order valence-corrected chi connectivity index (χ4v) is 2.32. The van der Waals surface area contributed by atoms with E-state index in [0.29, 0.717) is 0 Å². The Morgan fingerprint density at radius 3 is 1.76 bits per heavy atom. The van der Waals surface area contributed by atoms with Gasteiger partial charge in [-0.2, -0.15) is 8.42 Å². The molecule has 0 aromatic carbocycles. The molecule has 7 heteroatoms. The third-order valence-corrected chi connectivity index (χ3v) is 3.50. The van der Waals surface area contributed by atoms with Crippen molar-refractivity contribution in [1.82, 2.24) is 6.15 Å². The van der Waals surface area contributed by atoms with Gasteiger partial charge in [-0.1, -0.05) is 75.5 Å². The van der Waals surface area contributed by atoms with Crippen LogP contribution in [0.2, 0.25) is 0 Å². The molecule has 0 rings (SSSR count). The van der Waals surface area contributed by atoms with Gasteiger partial charge in [-0.05, 0) is 13.3 Å². The molecule has 6 nitrogen and oxygen atoms in total. The fraction of sp³-hybridized carbons (Fsp3) is 1.00. The minimum atomic E-state index is -4.49. The largest absolute Gasteiger partial charge is 0.424 e. The molecule has 0 aliphatic heterocycles. The van der Waals surface area contributed by atoms with Crippen molar-refractivity contribution in [2.45, 2.75) is 90.6 Å². The highest BCUT2D eigenvalue weighted by Crippen LogP contribution is 2.13. The maximum absolute atomic E-state index is 10.3. The first-order valence-electron chi connectivity index (χ1n) is 7.78. The average Bonchev–Trinajstić information content (AvgIpc) is 2.38. The second-order valence-electron chi connectivity index (χ2n) is 5.37. The van der Waals surface area contributed by atoms with E-state index in [1.54, 1.807) is 6.92 Å². The minimum absolute atomic E-state index is 0. The van der Waals surface area contributed by atoms with Crippen LogP contribution >= 0.6 is 0 Å². The molecular weight excluding hydrogens is 294 g/mol. The summed E-state index contributed by atoms with van der Waals surface area (Å²) in [6, 6.07) is 0. The van der Waals surface area contributed by atoms with Gasteiger partial charge in [-0.15, -0.1) is 0 Å². The van der Waals surface area contributed by atoms with Crippen LogP contribution in [0.1, 0.15) is 84.5 Å². The maximum Gasteiger partial charge on any atom is 0.424 e. The van der Waals surface area contributed by atoms with E-state index in [2.05, 4.69) is 16.1 Å². The summed E-state index contributed by atoms with van der Waals surface area (Å²) < 4.78 is 32.8. The summed E-state index contributed by atoms with van der Waals surface area (Å²) in [5.41, 5.74) is 0. The summed E-state index contributed by atoms with van der Waals surface area (Å²) >= 11 is 0. The molecule has 0 amide bonds. The van der Waals surface area contributed by atoms with Crippen LogP contribution in [-0.4, -0.2) is 19.1 Å². The molecule has 0 aromatic rings. The Morgan fingerprint density at radius 2 is 1.33 bits per heavy atom. The van der Waals surface area contributed by atoms with Crippen LogP contribution in [-0.2, 0) is 19.6 Å². The number of hydrogen-bond donors (Lipinski definition) is 2. The highest BCUT2D eigenvalue weighted by molar-refractivity contribution is 7.80. The predicted molar refractivity (Wildman–Crippen MR) is 84.7 cm³/mol. The molecule has 0 aromatic heterocycles. The van der Waals surface area contributed by atoms with Gasteiger partial charge in [0.15, 0.2) is 0 Å². The lowest BCUT2D eigenvalue weighted by Gasteiger charge is -2.09. The zero-order chi connectivity index (χ0) is 15.3. The molecular formula is C14H33NO5S. The molecule has 0 bridgehead atoms. The van der Waals surface area contributed by atoms with Gasteiger partial charge in [0.2, 0.25) is 0 Å². The molecule has 4 N–H and O–H groups in total. The summed E-state index contributed by atoms with van der Waals surface area (Å²) in [5, 5.41) is 0. The van der Waals surface area contributed by atoms with E-state index >= 15 is 0 Å². The van der Waals surface area contributed by atoms with Crippen LogP contribution in [0.25, 0.3) is 0 Å². The summed E-state index contributed by atoms with van der Waals surface area (Å²) in [4.78, 5) is 4.55. The Hall–Kier alpha value is -0.210. The highest BCUT2D eigenvalue weighted by Gasteiger charge is 2.10. The van der Waals surface area contributed by atoms with Gasteiger partial charge in [0.05, 0.1) is 6.10 Å². The van der Waals surface area contributed by atoms with Gasteiger partial charge in [-0.3, -0.25) is 4.55 Å². The smallest absolute Gasteiger partial charge is 0.344 e. The maximum atomic E-state index is 10.3. The van der Waals surface area contributed by atoms with Crippen LogP contribution < -0.4 is 6.15 Å². The van der Waals surface area contributed by atoms with Crippen molar-refractivity contribution < 1.29 is 22.2 Å². The van der Waals surface area contributed by atoms with Crippen molar-refractivity contribution in [1.29, 1.82) is 0 Å². The number of rotatable bonds is 14. The van der Waals surface area contributed by atoms with Gasteiger partial charge in [0, 0.05) is 0 Å². The zero-order valence-corrected chi connectivity index (χ0v) is 14.4. The Labute approximate surface area is 130 Å². The van der Waals surface area contributed by atoms with Crippen molar-refractivity contribution in [2.75, 3.05) is 0 Å². The lowest BCUT2D eigenvalue weighted by atomic mass is 10.1. The summed E-state index contributed by atoms with van der Waals surface area (Å²) in [6.07, 6.45) is 13.0. The normalized spacial score (nSPS) is 12.9. The van der Waals surface area contributed by atoms with Crippen LogP contribution in [0.15, 0.2) is 0 Å². The first-order valence-corrected chi connectivity index (χ1v) is 9.14. The molecule has 21 heavy (non-hydrogen) atoms. The zero-order valence-electron chi connectivity index (χ0n) is 13.6. The standard InChI is InChI=1S/C14H30O5S.H3N/c1-3-4-5-6-7-8-9-10-11-12-13-14(2)18-19-20(15,16)17;/h14H,3-13H2,1-2H3,(H,15,16,17);1H3. The summed E-state index contributed by atoms with van der Waals surface area (Å²) in [7, 11) is -4.49. The van der Waals surface area contributed by atoms with Crippen molar-refractivity contribution in [3.63, 3.8) is 0 Å². The van der Waals surface area contributed by atoms with Crippen molar-refractivity contribution in [2.24, 2.45) is 0 Å². The van der Waals surface area contributed by atoms with Gasteiger partial charge >= 0.3 is 10.4 Å². The van der Waals surface area contributed by atoms with Crippen LogP contribution in [0.5, 0.6) is 0 Å². The van der Waals surface area contributed by atoms with Gasteiger partial charge in [-0.25, -0.2) is 4.89 Å². The van der Waals surface area contributed by atoms with Gasteiger partial charge in [0.25, 0.3) is 0 Å². The summed E-state index contributed by atoms with van der Waals surface area (Å²) in [6.45, 7) is 3.95. The van der Waals surface area contributed by atoms with Gasteiger partial charge < -0.3 is 6.15 Å². The third-order valence-electron chi connectivity index (χ3n) is 3.25. The van der Waals surface area contributed by atoms with Crippen molar-refractivity contribution in [3.8, 4) is 0 Å².